The summed E-state index contributed by atoms with van der Waals surface area (Å²) in [4.78, 5) is 18.0. The van der Waals surface area contributed by atoms with Crippen LogP contribution in [-0.2, 0) is 0 Å². The van der Waals surface area contributed by atoms with Crippen LogP contribution in [0.4, 0.5) is 16.2 Å². The Labute approximate surface area is 220 Å². The Hall–Kier alpha value is -3.19. The number of aromatic nitrogens is 3. The molecule has 7 heteroatoms. The van der Waals surface area contributed by atoms with Crippen molar-refractivity contribution in [3.05, 3.63) is 71.8 Å². The average Bonchev–Trinajstić information content (AvgIpc) is 3.39. The first-order chi connectivity index (χ1) is 17.9. The van der Waals surface area contributed by atoms with Gasteiger partial charge in [0.05, 0.1) is 0 Å². The molecule has 0 aliphatic carbocycles. The van der Waals surface area contributed by atoms with Gasteiger partial charge < -0.3 is 9.88 Å². The number of aryl methyl sites for hydroxylation is 2. The summed E-state index contributed by atoms with van der Waals surface area (Å²) >= 11 is 0. The van der Waals surface area contributed by atoms with Gasteiger partial charge in [0.2, 0.25) is 0 Å². The molecule has 7 nitrogen and oxygen atoms in total. The maximum absolute atomic E-state index is 13.4. The molecule has 0 saturated carbocycles. The Morgan fingerprint density at radius 3 is 2.32 bits per heavy atom. The molecule has 5 rings (SSSR count). The number of benzene rings is 2. The van der Waals surface area contributed by atoms with Crippen LogP contribution in [0.1, 0.15) is 75.1 Å². The molecule has 2 saturated heterocycles. The van der Waals surface area contributed by atoms with Gasteiger partial charge in [0.1, 0.15) is 11.6 Å². The van der Waals surface area contributed by atoms with E-state index in [-0.39, 0.29) is 6.03 Å². The number of fused-ring (bicyclic) bond motifs is 2. The number of nitrogens with zero attached hydrogens (tertiary/aromatic N) is 5. The second-order valence-electron chi connectivity index (χ2n) is 11.0. The highest BCUT2D eigenvalue weighted by Gasteiger charge is 2.42. The van der Waals surface area contributed by atoms with Crippen LogP contribution in [0.3, 0.4) is 0 Å². The Kier molecular flexibility index (Phi) is 7.60. The minimum absolute atomic E-state index is 0.0773. The SMILES string of the molecule is Cc1ccccc1NC(=O)N(CCCN1[C@@H]2CC[C@H]1CC(n1c(C)nnc1C(C)C)C2)c1ccccc1. The number of para-hydroxylation sites is 2. The van der Waals surface area contributed by atoms with E-state index in [0.29, 0.717) is 30.6 Å². The zero-order valence-corrected chi connectivity index (χ0v) is 22.6. The summed E-state index contributed by atoms with van der Waals surface area (Å²) in [5.74, 6) is 2.54. The third-order valence-electron chi connectivity index (χ3n) is 8.13. The van der Waals surface area contributed by atoms with Crippen LogP contribution >= 0.6 is 0 Å². The maximum atomic E-state index is 13.4. The number of anilines is 2. The number of hydrogen-bond donors (Lipinski definition) is 1. The summed E-state index contributed by atoms with van der Waals surface area (Å²) < 4.78 is 2.42. The molecule has 3 atom stereocenters. The van der Waals surface area contributed by atoms with Gasteiger partial charge in [-0.2, -0.15) is 0 Å². The van der Waals surface area contributed by atoms with Gasteiger partial charge in [0.15, 0.2) is 0 Å². The number of carbonyl (C=O) groups is 1. The van der Waals surface area contributed by atoms with Crippen molar-refractivity contribution in [2.75, 3.05) is 23.3 Å². The van der Waals surface area contributed by atoms with Gasteiger partial charge in [-0.25, -0.2) is 4.79 Å². The molecule has 1 aromatic heterocycles. The quantitative estimate of drug-likeness (QED) is 0.393. The molecule has 3 heterocycles. The first-order valence-electron chi connectivity index (χ1n) is 13.8. The van der Waals surface area contributed by atoms with Gasteiger partial charge in [-0.1, -0.05) is 50.2 Å². The van der Waals surface area contributed by atoms with Gasteiger partial charge >= 0.3 is 6.03 Å². The smallest absolute Gasteiger partial charge is 0.312 e. The van der Waals surface area contributed by atoms with Crippen LogP contribution in [0.15, 0.2) is 54.6 Å². The second kappa shape index (κ2) is 11.1. The van der Waals surface area contributed by atoms with Crippen LogP contribution in [0.25, 0.3) is 0 Å². The summed E-state index contributed by atoms with van der Waals surface area (Å²) in [5, 5.41) is 12.0. The van der Waals surface area contributed by atoms with Crippen molar-refractivity contribution in [3.8, 4) is 0 Å². The van der Waals surface area contributed by atoms with Crippen molar-refractivity contribution in [3.63, 3.8) is 0 Å². The van der Waals surface area contributed by atoms with Gasteiger partial charge in [-0.05, 0) is 69.7 Å². The number of amides is 2. The normalized spacial score (nSPS) is 21.4. The zero-order valence-electron chi connectivity index (χ0n) is 22.6. The predicted molar refractivity (Wildman–Crippen MR) is 149 cm³/mol. The molecular weight excluding hydrogens is 460 g/mol. The van der Waals surface area contributed by atoms with Gasteiger partial charge in [0, 0.05) is 48.5 Å². The molecule has 0 radical (unpaired) electrons. The van der Waals surface area contributed by atoms with E-state index in [1.165, 1.54) is 12.8 Å². The highest BCUT2D eigenvalue weighted by Crippen LogP contribution is 2.42. The maximum Gasteiger partial charge on any atom is 0.326 e. The molecule has 1 N–H and O–H groups in total. The summed E-state index contributed by atoms with van der Waals surface area (Å²) in [6.45, 7) is 10.2. The summed E-state index contributed by atoms with van der Waals surface area (Å²) in [6, 6.07) is 19.5. The molecule has 3 aromatic rings. The molecule has 2 fully saturated rings. The molecule has 196 valence electrons. The van der Waals surface area contributed by atoms with E-state index in [4.69, 9.17) is 0 Å². The van der Waals surface area contributed by atoms with Gasteiger partial charge in [-0.3, -0.25) is 9.80 Å². The van der Waals surface area contributed by atoms with E-state index in [0.717, 1.165) is 54.4 Å². The van der Waals surface area contributed by atoms with Crippen molar-refractivity contribution >= 4 is 17.4 Å². The number of piperidine rings is 1. The molecular formula is C30H40N6O. The van der Waals surface area contributed by atoms with Crippen LogP contribution in [-0.4, -0.2) is 50.9 Å². The minimum Gasteiger partial charge on any atom is -0.312 e. The van der Waals surface area contributed by atoms with Crippen LogP contribution in [0, 0.1) is 13.8 Å². The number of hydrogen-bond acceptors (Lipinski definition) is 4. The summed E-state index contributed by atoms with van der Waals surface area (Å²) in [7, 11) is 0. The van der Waals surface area contributed by atoms with E-state index in [1.54, 1.807) is 0 Å². The van der Waals surface area contributed by atoms with Crippen LogP contribution in [0.2, 0.25) is 0 Å². The third-order valence-corrected chi connectivity index (χ3v) is 8.13. The lowest BCUT2D eigenvalue weighted by Crippen LogP contribution is -2.45. The second-order valence-corrected chi connectivity index (χ2v) is 11.0. The standard InChI is InChI=1S/C30H40N6O/c1-21(2)29-33-32-23(4)36(29)27-19-25-15-16-26(20-27)34(25)17-10-18-35(24-12-6-5-7-13-24)30(37)31-28-14-9-8-11-22(28)3/h5-9,11-14,21,25-27H,10,15-20H2,1-4H3,(H,31,37)/t25-,26+,27?. The highest BCUT2D eigenvalue weighted by atomic mass is 16.2. The third kappa shape index (κ3) is 5.42. The number of rotatable bonds is 8. The number of urea groups is 1. The van der Waals surface area contributed by atoms with E-state index in [9.17, 15) is 4.79 Å². The highest BCUT2D eigenvalue weighted by molar-refractivity contribution is 6.02. The van der Waals surface area contributed by atoms with Crippen molar-refractivity contribution in [2.45, 2.75) is 83.8 Å². The number of carbonyl (C=O) groups excluding carboxylic acids is 1. The first kappa shape index (κ1) is 25.5. The fourth-order valence-electron chi connectivity index (χ4n) is 6.32. The van der Waals surface area contributed by atoms with Crippen molar-refractivity contribution < 1.29 is 4.79 Å². The Morgan fingerprint density at radius 2 is 1.65 bits per heavy atom. The molecule has 0 spiro atoms. The molecule has 2 aliphatic heterocycles. The molecule has 2 aromatic carbocycles. The monoisotopic (exact) mass is 500 g/mol. The van der Waals surface area contributed by atoms with Crippen molar-refractivity contribution in [2.24, 2.45) is 0 Å². The molecule has 2 bridgehead atoms. The Bertz CT molecular complexity index is 1190. The van der Waals surface area contributed by atoms with E-state index >= 15 is 0 Å². The molecule has 37 heavy (non-hydrogen) atoms. The lowest BCUT2D eigenvalue weighted by molar-refractivity contribution is 0.104. The fourth-order valence-corrected chi connectivity index (χ4v) is 6.32. The number of nitrogens with one attached hydrogen (secondary N) is 1. The van der Waals surface area contributed by atoms with Gasteiger partial charge in [-0.15, -0.1) is 10.2 Å². The molecule has 2 amide bonds. The van der Waals surface area contributed by atoms with Gasteiger partial charge in [0.25, 0.3) is 0 Å². The van der Waals surface area contributed by atoms with E-state index in [2.05, 4.69) is 45.8 Å². The summed E-state index contributed by atoms with van der Waals surface area (Å²) in [5.41, 5.74) is 2.85. The first-order valence-corrected chi connectivity index (χ1v) is 13.8. The molecule has 1 unspecified atom stereocenters. The van der Waals surface area contributed by atoms with Crippen LogP contribution < -0.4 is 10.2 Å². The van der Waals surface area contributed by atoms with Crippen molar-refractivity contribution in [1.29, 1.82) is 0 Å². The van der Waals surface area contributed by atoms with E-state index < -0.39 is 0 Å². The lowest BCUT2D eigenvalue weighted by Gasteiger charge is -2.40. The topological polar surface area (TPSA) is 66.3 Å². The predicted octanol–water partition coefficient (Wildman–Crippen LogP) is 6.32. The Balaban J connectivity index is 1.24. The Morgan fingerprint density at radius 1 is 0.973 bits per heavy atom. The fraction of sp³-hybridized carbons (Fsp3) is 0.500. The largest absolute Gasteiger partial charge is 0.326 e. The minimum atomic E-state index is -0.0773. The van der Waals surface area contributed by atoms with Crippen molar-refractivity contribution in [1.82, 2.24) is 19.7 Å². The summed E-state index contributed by atoms with van der Waals surface area (Å²) in [6.07, 6.45) is 5.78. The van der Waals surface area contributed by atoms with E-state index in [1.807, 2.05) is 66.4 Å². The molecule has 2 aliphatic rings. The zero-order chi connectivity index (χ0) is 25.9. The van der Waals surface area contributed by atoms with Crippen LogP contribution in [0.5, 0.6) is 0 Å². The average molecular weight is 501 g/mol. The lowest BCUT2D eigenvalue weighted by atomic mass is 9.96.